The summed E-state index contributed by atoms with van der Waals surface area (Å²) >= 11 is 3.78. The Kier molecular flexibility index (Phi) is 5.14. The standard InChI is InChI=1S/C11H22N4O4SSi/c1-21(2,3)19-7-4-9(18-8(7)5-17-20)15-6-13-10(12)14-11(15)16/h7-9,20H,4-6H2,1-3H3,(H3,12,13,14,16). The summed E-state index contributed by atoms with van der Waals surface area (Å²) in [6.07, 6.45) is -0.202. The quantitative estimate of drug-likeness (QED) is 0.386. The van der Waals surface area contributed by atoms with E-state index in [2.05, 4.69) is 42.9 Å². The van der Waals surface area contributed by atoms with Crippen LogP contribution >= 0.6 is 12.9 Å². The molecule has 8 nitrogen and oxygen atoms in total. The van der Waals surface area contributed by atoms with E-state index in [1.165, 1.54) is 4.90 Å². The summed E-state index contributed by atoms with van der Waals surface area (Å²) in [4.78, 5) is 17.4. The zero-order valence-corrected chi connectivity index (χ0v) is 14.3. The number of aliphatic imine (C=N–C) groups is 1. The molecule has 120 valence electrons. The van der Waals surface area contributed by atoms with Crippen molar-refractivity contribution in [3.8, 4) is 0 Å². The Morgan fingerprint density at radius 3 is 2.86 bits per heavy atom. The molecule has 3 atom stereocenters. The van der Waals surface area contributed by atoms with Crippen LogP contribution in [-0.4, -0.2) is 56.9 Å². The van der Waals surface area contributed by atoms with Gasteiger partial charge in [0.25, 0.3) is 0 Å². The van der Waals surface area contributed by atoms with Crippen LogP contribution in [0, 0.1) is 0 Å². The molecule has 0 bridgehead atoms. The third kappa shape index (κ3) is 4.33. The molecule has 0 aromatic rings. The molecule has 3 N–H and O–H groups in total. The summed E-state index contributed by atoms with van der Waals surface area (Å²) in [5, 5.41) is 2.47. The minimum atomic E-state index is -1.73. The number of amides is 2. The Morgan fingerprint density at radius 2 is 2.29 bits per heavy atom. The SMILES string of the molecule is C[Si](C)(C)OC1CC(N2CN=C(N)NC2=O)OC1COS. The number of rotatable bonds is 5. The highest BCUT2D eigenvalue weighted by Crippen LogP contribution is 2.29. The van der Waals surface area contributed by atoms with Crippen LogP contribution in [0.15, 0.2) is 4.99 Å². The largest absolute Gasteiger partial charge is 0.412 e. The van der Waals surface area contributed by atoms with Crippen molar-refractivity contribution >= 4 is 33.2 Å². The Bertz CT molecular complexity index is 431. The summed E-state index contributed by atoms with van der Waals surface area (Å²) in [5.41, 5.74) is 5.47. The maximum atomic E-state index is 11.9. The normalized spacial score (nSPS) is 30.3. The molecule has 2 aliphatic rings. The van der Waals surface area contributed by atoms with Gasteiger partial charge in [-0.25, -0.2) is 9.79 Å². The molecule has 0 spiro atoms. The lowest BCUT2D eigenvalue weighted by Gasteiger charge is -2.29. The first-order valence-corrected chi connectivity index (χ1v) is 10.5. The highest BCUT2D eigenvalue weighted by molar-refractivity contribution is 7.75. The molecular formula is C11H22N4O4SSi. The van der Waals surface area contributed by atoms with Gasteiger partial charge in [-0.15, -0.1) is 0 Å². The summed E-state index contributed by atoms with van der Waals surface area (Å²) in [7, 11) is -1.73. The monoisotopic (exact) mass is 334 g/mol. The fraction of sp³-hybridized carbons (Fsp3) is 0.818. The van der Waals surface area contributed by atoms with Crippen molar-refractivity contribution in [2.75, 3.05) is 13.3 Å². The second kappa shape index (κ2) is 6.52. The number of hydrogen-bond donors (Lipinski definition) is 3. The number of thiol groups is 1. The molecule has 2 amide bonds. The van der Waals surface area contributed by atoms with E-state index in [0.717, 1.165) is 0 Å². The van der Waals surface area contributed by atoms with Crippen molar-refractivity contribution in [1.29, 1.82) is 0 Å². The summed E-state index contributed by atoms with van der Waals surface area (Å²) < 4.78 is 16.9. The van der Waals surface area contributed by atoms with Gasteiger partial charge in [-0.1, -0.05) is 0 Å². The van der Waals surface area contributed by atoms with Crippen LogP contribution in [0.4, 0.5) is 4.79 Å². The van der Waals surface area contributed by atoms with E-state index < -0.39 is 14.5 Å². The lowest BCUT2D eigenvalue weighted by atomic mass is 10.2. The predicted molar refractivity (Wildman–Crippen MR) is 83.3 cm³/mol. The summed E-state index contributed by atoms with van der Waals surface area (Å²) in [6, 6.07) is -0.313. The van der Waals surface area contributed by atoms with Gasteiger partial charge < -0.3 is 19.1 Å². The second-order valence-corrected chi connectivity index (χ2v) is 10.7. The van der Waals surface area contributed by atoms with Crippen molar-refractivity contribution in [2.45, 2.75) is 44.5 Å². The molecule has 1 fully saturated rings. The topological polar surface area (TPSA) is 98.4 Å². The minimum Gasteiger partial charge on any atom is -0.412 e. The van der Waals surface area contributed by atoms with Crippen molar-refractivity contribution in [3.63, 3.8) is 0 Å². The van der Waals surface area contributed by atoms with Crippen LogP contribution in [0.2, 0.25) is 19.6 Å². The van der Waals surface area contributed by atoms with E-state index in [0.29, 0.717) is 13.0 Å². The Labute approximate surface area is 130 Å². The van der Waals surface area contributed by atoms with E-state index in [1.54, 1.807) is 0 Å². The molecule has 0 aromatic heterocycles. The number of carbonyl (C=O) groups is 1. The van der Waals surface area contributed by atoms with Gasteiger partial charge in [-0.05, 0) is 32.6 Å². The Balaban J connectivity index is 2.04. The number of nitrogens with zero attached hydrogens (tertiary/aromatic N) is 2. The lowest BCUT2D eigenvalue weighted by molar-refractivity contribution is -0.0555. The van der Waals surface area contributed by atoms with Crippen LogP contribution < -0.4 is 11.1 Å². The van der Waals surface area contributed by atoms with Crippen molar-refractivity contribution in [2.24, 2.45) is 10.7 Å². The van der Waals surface area contributed by atoms with Gasteiger partial charge in [0.15, 0.2) is 14.3 Å². The zero-order valence-electron chi connectivity index (χ0n) is 12.4. The predicted octanol–water partition coefficient (Wildman–Crippen LogP) is 0.480. The number of ether oxygens (including phenoxy) is 1. The van der Waals surface area contributed by atoms with E-state index in [-0.39, 0.29) is 30.9 Å². The maximum Gasteiger partial charge on any atom is 0.327 e. The van der Waals surface area contributed by atoms with E-state index in [9.17, 15) is 4.79 Å². The van der Waals surface area contributed by atoms with Gasteiger partial charge in [0.2, 0.25) is 0 Å². The van der Waals surface area contributed by atoms with E-state index in [4.69, 9.17) is 19.1 Å². The van der Waals surface area contributed by atoms with Crippen LogP contribution in [0.5, 0.6) is 0 Å². The molecule has 0 radical (unpaired) electrons. The number of urea groups is 1. The number of guanidine groups is 1. The molecule has 1 saturated heterocycles. The first kappa shape index (κ1) is 16.6. The molecule has 2 aliphatic heterocycles. The molecule has 0 aliphatic carbocycles. The third-order valence-electron chi connectivity index (χ3n) is 3.16. The van der Waals surface area contributed by atoms with Crippen LogP contribution in [0.25, 0.3) is 0 Å². The van der Waals surface area contributed by atoms with Crippen LogP contribution in [0.3, 0.4) is 0 Å². The zero-order chi connectivity index (χ0) is 15.6. The summed E-state index contributed by atoms with van der Waals surface area (Å²) in [6.45, 7) is 6.80. The molecule has 3 unspecified atom stereocenters. The fourth-order valence-electron chi connectivity index (χ4n) is 2.35. The smallest absolute Gasteiger partial charge is 0.327 e. The number of nitrogens with one attached hydrogen (secondary N) is 1. The number of carbonyl (C=O) groups excluding carboxylic acids is 1. The van der Waals surface area contributed by atoms with Crippen molar-refractivity contribution < 1.29 is 18.1 Å². The van der Waals surface area contributed by atoms with Crippen LogP contribution in [-0.2, 0) is 13.3 Å². The Hall–Kier alpha value is -0.813. The van der Waals surface area contributed by atoms with Gasteiger partial charge in [0, 0.05) is 6.42 Å². The van der Waals surface area contributed by atoms with Gasteiger partial charge in [0.1, 0.15) is 19.0 Å². The average molecular weight is 334 g/mol. The number of nitrogens with two attached hydrogens (primary N) is 1. The second-order valence-electron chi connectivity index (χ2n) is 6.01. The molecule has 0 aromatic carbocycles. The van der Waals surface area contributed by atoms with Gasteiger partial charge in [0.05, 0.1) is 12.7 Å². The Morgan fingerprint density at radius 1 is 1.57 bits per heavy atom. The van der Waals surface area contributed by atoms with Gasteiger partial charge >= 0.3 is 6.03 Å². The van der Waals surface area contributed by atoms with Gasteiger partial charge in [-0.3, -0.25) is 10.2 Å². The molecule has 0 saturated carbocycles. The van der Waals surface area contributed by atoms with E-state index in [1.807, 2.05) is 0 Å². The maximum absolute atomic E-state index is 11.9. The highest BCUT2D eigenvalue weighted by Gasteiger charge is 2.42. The van der Waals surface area contributed by atoms with Crippen molar-refractivity contribution in [1.82, 2.24) is 10.2 Å². The molecule has 10 heteroatoms. The minimum absolute atomic E-state index is 0.120. The van der Waals surface area contributed by atoms with Crippen LogP contribution in [0.1, 0.15) is 6.42 Å². The molecule has 2 heterocycles. The first-order chi connectivity index (χ1) is 9.80. The fourth-order valence-corrected chi connectivity index (χ4v) is 3.66. The first-order valence-electron chi connectivity index (χ1n) is 6.77. The summed E-state index contributed by atoms with van der Waals surface area (Å²) in [5.74, 6) is 0.124. The molecule has 21 heavy (non-hydrogen) atoms. The molecule has 2 rings (SSSR count). The third-order valence-corrected chi connectivity index (χ3v) is 4.32. The van der Waals surface area contributed by atoms with Crippen molar-refractivity contribution in [3.05, 3.63) is 0 Å². The van der Waals surface area contributed by atoms with E-state index >= 15 is 0 Å². The lowest BCUT2D eigenvalue weighted by Crippen LogP contribution is -2.54. The van der Waals surface area contributed by atoms with Gasteiger partial charge in [-0.2, -0.15) is 0 Å². The number of hydrogen-bond acceptors (Lipinski definition) is 7. The molecular weight excluding hydrogens is 312 g/mol. The highest BCUT2D eigenvalue weighted by atomic mass is 32.1. The average Bonchev–Trinajstić information content (AvgIpc) is 2.70.